The number of fused-ring (bicyclic) bond motifs is 1. The zero-order chi connectivity index (χ0) is 16.4. The number of hydrogen-bond donors (Lipinski definition) is 1. The van der Waals surface area contributed by atoms with Crippen molar-refractivity contribution in [1.82, 2.24) is 9.55 Å². The number of carbonyl (C=O) groups is 1. The molecule has 0 atom stereocenters. The van der Waals surface area contributed by atoms with Gasteiger partial charge in [0, 0.05) is 11.8 Å². The number of nitrogens with one attached hydrogen (secondary N) is 1. The van der Waals surface area contributed by atoms with Crippen molar-refractivity contribution in [3.63, 3.8) is 0 Å². The second-order valence-corrected chi connectivity index (χ2v) is 4.83. The molecular weight excluding hydrogens is 302 g/mol. The summed E-state index contributed by atoms with van der Waals surface area (Å²) in [5.74, 6) is -2.46. The van der Waals surface area contributed by atoms with Crippen LogP contribution < -0.4 is 5.32 Å². The Bertz CT molecular complexity index is 943. The van der Waals surface area contributed by atoms with E-state index >= 15 is 0 Å². The number of carbonyl (C=O) groups excluding carboxylic acids is 1. The van der Waals surface area contributed by atoms with Crippen LogP contribution >= 0.6 is 0 Å². The van der Waals surface area contributed by atoms with Gasteiger partial charge in [-0.2, -0.15) is 5.26 Å². The lowest BCUT2D eigenvalue weighted by molar-refractivity contribution is -0.116. The third kappa shape index (κ3) is 2.87. The van der Waals surface area contributed by atoms with Gasteiger partial charge < -0.3 is 9.88 Å². The highest BCUT2D eigenvalue weighted by Crippen LogP contribution is 2.18. The van der Waals surface area contributed by atoms with Gasteiger partial charge in [-0.05, 0) is 24.3 Å². The molecule has 3 rings (SSSR count). The Morgan fingerprint density at radius 2 is 2.09 bits per heavy atom. The predicted molar refractivity (Wildman–Crippen MR) is 79.4 cm³/mol. The van der Waals surface area contributed by atoms with Crippen LogP contribution in [0.25, 0.3) is 11.0 Å². The van der Waals surface area contributed by atoms with Gasteiger partial charge in [0.05, 0.1) is 22.9 Å². The van der Waals surface area contributed by atoms with Crippen molar-refractivity contribution in [3.8, 4) is 6.07 Å². The maximum atomic E-state index is 13.1. The Morgan fingerprint density at radius 3 is 2.83 bits per heavy atom. The smallest absolute Gasteiger partial charge is 0.244 e. The molecule has 0 aliphatic heterocycles. The first-order valence-electron chi connectivity index (χ1n) is 6.67. The summed E-state index contributed by atoms with van der Waals surface area (Å²) >= 11 is 0. The number of aromatic nitrogens is 2. The highest BCUT2D eigenvalue weighted by atomic mass is 19.2. The summed E-state index contributed by atoms with van der Waals surface area (Å²) < 4.78 is 27.5. The Labute approximate surface area is 129 Å². The number of para-hydroxylation sites is 1. The minimum absolute atomic E-state index is 0.103. The van der Waals surface area contributed by atoms with Gasteiger partial charge in [-0.15, -0.1) is 0 Å². The van der Waals surface area contributed by atoms with Crippen LogP contribution in [0.3, 0.4) is 0 Å². The van der Waals surface area contributed by atoms with Crippen LogP contribution in [0.4, 0.5) is 14.5 Å². The summed E-state index contributed by atoms with van der Waals surface area (Å²) in [6.07, 6.45) is 1.45. The summed E-state index contributed by atoms with van der Waals surface area (Å²) in [4.78, 5) is 16.2. The molecule has 0 saturated heterocycles. The molecule has 0 aliphatic rings. The van der Waals surface area contributed by atoms with Crippen LogP contribution in [0.15, 0.2) is 42.7 Å². The SMILES string of the molecule is N#Cc1cccc2ncn(CC(=O)Nc3ccc(F)c(F)c3)c12. The summed E-state index contributed by atoms with van der Waals surface area (Å²) in [5.41, 5.74) is 1.71. The molecule has 0 unspecified atom stereocenters. The average Bonchev–Trinajstić information content (AvgIpc) is 2.94. The van der Waals surface area contributed by atoms with Gasteiger partial charge in [0.1, 0.15) is 12.6 Å². The topological polar surface area (TPSA) is 70.7 Å². The number of amides is 1. The largest absolute Gasteiger partial charge is 0.324 e. The fourth-order valence-corrected chi connectivity index (χ4v) is 2.27. The molecule has 0 spiro atoms. The summed E-state index contributed by atoms with van der Waals surface area (Å²) in [6, 6.07) is 10.2. The number of halogens is 2. The van der Waals surface area contributed by atoms with Crippen molar-refractivity contribution in [2.75, 3.05) is 5.32 Å². The minimum Gasteiger partial charge on any atom is -0.324 e. The fraction of sp³-hybridized carbons (Fsp3) is 0.0625. The van der Waals surface area contributed by atoms with E-state index in [1.165, 1.54) is 17.0 Å². The third-order valence-electron chi connectivity index (χ3n) is 3.28. The van der Waals surface area contributed by atoms with Gasteiger partial charge in [0.2, 0.25) is 5.91 Å². The quantitative estimate of drug-likeness (QED) is 0.808. The van der Waals surface area contributed by atoms with E-state index < -0.39 is 17.5 Å². The van der Waals surface area contributed by atoms with E-state index in [0.29, 0.717) is 16.6 Å². The van der Waals surface area contributed by atoms with Crippen LogP contribution in [-0.4, -0.2) is 15.5 Å². The zero-order valence-corrected chi connectivity index (χ0v) is 11.8. The molecule has 1 amide bonds. The van der Waals surface area contributed by atoms with Crippen molar-refractivity contribution in [1.29, 1.82) is 5.26 Å². The second kappa shape index (κ2) is 5.85. The zero-order valence-electron chi connectivity index (χ0n) is 11.8. The number of imidazole rings is 1. The molecule has 2 aromatic carbocycles. The molecule has 0 fully saturated rings. The first-order chi connectivity index (χ1) is 11.1. The number of nitriles is 1. The molecule has 0 bridgehead atoms. The number of nitrogens with zero attached hydrogens (tertiary/aromatic N) is 3. The molecule has 3 aromatic rings. The monoisotopic (exact) mass is 312 g/mol. The summed E-state index contributed by atoms with van der Waals surface area (Å²) in [7, 11) is 0. The van der Waals surface area contributed by atoms with Gasteiger partial charge in [0.25, 0.3) is 0 Å². The maximum absolute atomic E-state index is 13.1. The molecule has 0 radical (unpaired) electrons. The van der Waals surface area contributed by atoms with E-state index in [4.69, 9.17) is 5.26 Å². The lowest BCUT2D eigenvalue weighted by atomic mass is 10.2. The molecule has 7 heteroatoms. The fourth-order valence-electron chi connectivity index (χ4n) is 2.27. The highest BCUT2D eigenvalue weighted by Gasteiger charge is 2.11. The first kappa shape index (κ1) is 14.7. The predicted octanol–water partition coefficient (Wildman–Crippen LogP) is 2.82. The highest BCUT2D eigenvalue weighted by molar-refractivity contribution is 5.92. The Balaban J connectivity index is 1.83. The number of hydrogen-bond acceptors (Lipinski definition) is 3. The number of anilines is 1. The number of benzene rings is 2. The molecule has 0 saturated carbocycles. The minimum atomic E-state index is -1.04. The van der Waals surface area contributed by atoms with E-state index in [1.807, 2.05) is 6.07 Å². The average molecular weight is 312 g/mol. The first-order valence-corrected chi connectivity index (χ1v) is 6.67. The van der Waals surface area contributed by atoms with Gasteiger partial charge >= 0.3 is 0 Å². The van der Waals surface area contributed by atoms with E-state index in [2.05, 4.69) is 10.3 Å². The van der Waals surface area contributed by atoms with E-state index in [-0.39, 0.29) is 12.2 Å². The molecule has 5 nitrogen and oxygen atoms in total. The Kier molecular flexibility index (Phi) is 3.73. The standard InChI is InChI=1S/C16H10F2N4O/c17-12-5-4-11(6-13(12)18)21-15(23)8-22-9-20-14-3-1-2-10(7-19)16(14)22/h1-6,9H,8H2,(H,21,23). The molecular formula is C16H10F2N4O. The van der Waals surface area contributed by atoms with Gasteiger partial charge in [0.15, 0.2) is 11.6 Å². The van der Waals surface area contributed by atoms with Crippen LogP contribution in [0.2, 0.25) is 0 Å². The molecule has 1 heterocycles. The number of rotatable bonds is 3. The molecule has 23 heavy (non-hydrogen) atoms. The Hall–Kier alpha value is -3.27. The molecule has 0 aliphatic carbocycles. The van der Waals surface area contributed by atoms with Crippen molar-refractivity contribution in [3.05, 3.63) is 59.9 Å². The van der Waals surface area contributed by atoms with E-state index in [0.717, 1.165) is 12.1 Å². The van der Waals surface area contributed by atoms with Crippen LogP contribution in [0.1, 0.15) is 5.56 Å². The van der Waals surface area contributed by atoms with Crippen LogP contribution in [0, 0.1) is 23.0 Å². The van der Waals surface area contributed by atoms with Crippen molar-refractivity contribution in [2.24, 2.45) is 0 Å². The van der Waals surface area contributed by atoms with Gasteiger partial charge in [-0.25, -0.2) is 13.8 Å². The molecule has 1 aromatic heterocycles. The third-order valence-corrected chi connectivity index (χ3v) is 3.28. The second-order valence-electron chi connectivity index (χ2n) is 4.83. The molecule has 1 N–H and O–H groups in total. The van der Waals surface area contributed by atoms with Crippen molar-refractivity contribution in [2.45, 2.75) is 6.54 Å². The van der Waals surface area contributed by atoms with Crippen molar-refractivity contribution >= 4 is 22.6 Å². The van der Waals surface area contributed by atoms with Crippen LogP contribution in [-0.2, 0) is 11.3 Å². The Morgan fingerprint density at radius 1 is 1.26 bits per heavy atom. The van der Waals surface area contributed by atoms with Crippen molar-refractivity contribution < 1.29 is 13.6 Å². The molecule has 114 valence electrons. The van der Waals surface area contributed by atoms with E-state index in [1.54, 1.807) is 18.2 Å². The van der Waals surface area contributed by atoms with E-state index in [9.17, 15) is 13.6 Å². The maximum Gasteiger partial charge on any atom is 0.244 e. The lowest BCUT2D eigenvalue weighted by Gasteiger charge is -2.07. The van der Waals surface area contributed by atoms with Crippen LogP contribution in [0.5, 0.6) is 0 Å². The lowest BCUT2D eigenvalue weighted by Crippen LogP contribution is -2.18. The van der Waals surface area contributed by atoms with Gasteiger partial charge in [-0.1, -0.05) is 6.07 Å². The summed E-state index contributed by atoms with van der Waals surface area (Å²) in [5, 5.41) is 11.6. The normalized spacial score (nSPS) is 10.5. The van der Waals surface area contributed by atoms with Gasteiger partial charge in [-0.3, -0.25) is 4.79 Å². The summed E-state index contributed by atoms with van der Waals surface area (Å²) in [6.45, 7) is -0.103.